The molecule has 0 aliphatic heterocycles. The fourth-order valence-corrected chi connectivity index (χ4v) is 2.92. The molecular weight excluding hydrogens is 358 g/mol. The van der Waals surface area contributed by atoms with E-state index < -0.39 is 0 Å². The van der Waals surface area contributed by atoms with E-state index in [1.165, 1.54) is 0 Å². The number of aryl methyl sites for hydroxylation is 1. The molecule has 0 saturated heterocycles. The lowest BCUT2D eigenvalue weighted by Gasteiger charge is -2.21. The molecule has 23 heavy (non-hydrogen) atoms. The number of nitrogens with zero attached hydrogens (tertiary/aromatic N) is 1. The molecule has 3 N–H and O–H groups in total. The van der Waals surface area contributed by atoms with Crippen molar-refractivity contribution in [1.82, 2.24) is 4.90 Å². The lowest BCUT2D eigenvalue weighted by Crippen LogP contribution is -2.33. The molecule has 0 saturated carbocycles. The average molecular weight is 384 g/mol. The Bertz CT molecular complexity index is 555. The van der Waals surface area contributed by atoms with Gasteiger partial charge in [0.25, 0.3) is 0 Å². The van der Waals surface area contributed by atoms with Gasteiger partial charge in [-0.1, -0.05) is 29.8 Å². The van der Waals surface area contributed by atoms with Crippen LogP contribution in [0, 0.1) is 6.92 Å². The van der Waals surface area contributed by atoms with Crippen molar-refractivity contribution in [2.45, 2.75) is 46.5 Å². The summed E-state index contributed by atoms with van der Waals surface area (Å²) in [6.07, 6.45) is 2.23. The van der Waals surface area contributed by atoms with Crippen LogP contribution < -0.4 is 11.1 Å². The maximum Gasteiger partial charge on any atom is 0.224 e. The number of carbonyl (C=O) groups excluding carboxylic acids is 2. The number of rotatable bonds is 8. The Morgan fingerprint density at radius 1 is 1.17 bits per heavy atom. The molecule has 0 aliphatic rings. The Balaban J connectivity index is 2.59. The number of amides is 2. The van der Waals surface area contributed by atoms with Gasteiger partial charge in [0.1, 0.15) is 0 Å². The highest BCUT2D eigenvalue weighted by Gasteiger charge is 2.14. The van der Waals surface area contributed by atoms with E-state index in [0.29, 0.717) is 11.4 Å². The summed E-state index contributed by atoms with van der Waals surface area (Å²) >= 11 is 3.39. The number of anilines is 2. The summed E-state index contributed by atoms with van der Waals surface area (Å²) in [4.78, 5) is 26.1. The van der Waals surface area contributed by atoms with Crippen LogP contribution in [0.2, 0.25) is 0 Å². The highest BCUT2D eigenvalue weighted by Crippen LogP contribution is 2.27. The Morgan fingerprint density at radius 2 is 1.78 bits per heavy atom. The maximum absolute atomic E-state index is 12.2. The summed E-state index contributed by atoms with van der Waals surface area (Å²) in [7, 11) is 0. The third-order valence-electron chi connectivity index (χ3n) is 3.53. The summed E-state index contributed by atoms with van der Waals surface area (Å²) in [5.74, 6) is -0.169. The molecule has 0 fully saturated rings. The molecule has 0 atom stereocenters. The van der Waals surface area contributed by atoms with E-state index in [2.05, 4.69) is 21.2 Å². The minimum Gasteiger partial charge on any atom is -0.397 e. The largest absolute Gasteiger partial charge is 0.397 e. The average Bonchev–Trinajstić information content (AvgIpc) is 2.49. The van der Waals surface area contributed by atoms with E-state index in [1.54, 1.807) is 6.07 Å². The maximum atomic E-state index is 12.2. The number of hydrogen-bond acceptors (Lipinski definition) is 3. The topological polar surface area (TPSA) is 75.4 Å². The normalized spacial score (nSPS) is 10.4. The van der Waals surface area contributed by atoms with Crippen molar-refractivity contribution in [2.24, 2.45) is 0 Å². The van der Waals surface area contributed by atoms with Gasteiger partial charge >= 0.3 is 0 Å². The van der Waals surface area contributed by atoms with Crippen LogP contribution in [0.15, 0.2) is 16.6 Å². The van der Waals surface area contributed by atoms with Gasteiger partial charge in [0.05, 0.1) is 11.4 Å². The Morgan fingerprint density at radius 3 is 2.35 bits per heavy atom. The summed E-state index contributed by atoms with van der Waals surface area (Å²) in [5, 5.41) is 2.79. The molecule has 5 nitrogen and oxygen atoms in total. The van der Waals surface area contributed by atoms with Crippen molar-refractivity contribution in [3.63, 3.8) is 0 Å². The van der Waals surface area contributed by atoms with Crippen molar-refractivity contribution in [3.8, 4) is 0 Å². The molecule has 0 unspecified atom stereocenters. The molecule has 1 aromatic carbocycles. The molecule has 0 aliphatic carbocycles. The number of nitrogen functional groups attached to an aromatic ring is 1. The second-order valence-corrected chi connectivity index (χ2v) is 6.53. The van der Waals surface area contributed by atoms with Gasteiger partial charge in [-0.2, -0.15) is 0 Å². The third-order valence-corrected chi connectivity index (χ3v) is 3.99. The Hall–Kier alpha value is -1.56. The van der Waals surface area contributed by atoms with Crippen LogP contribution in [0.4, 0.5) is 11.4 Å². The second kappa shape index (κ2) is 9.55. The zero-order valence-corrected chi connectivity index (χ0v) is 15.7. The molecule has 0 bridgehead atoms. The fraction of sp³-hybridized carbons (Fsp3) is 0.529. The molecule has 2 amide bonds. The van der Waals surface area contributed by atoms with Gasteiger partial charge in [0, 0.05) is 30.4 Å². The van der Waals surface area contributed by atoms with E-state index in [4.69, 9.17) is 5.73 Å². The lowest BCUT2D eigenvalue weighted by atomic mass is 10.1. The number of nitrogens with two attached hydrogens (primary N) is 1. The van der Waals surface area contributed by atoms with Crippen molar-refractivity contribution in [1.29, 1.82) is 0 Å². The van der Waals surface area contributed by atoms with Crippen molar-refractivity contribution in [2.75, 3.05) is 24.1 Å². The lowest BCUT2D eigenvalue weighted by molar-refractivity contribution is -0.132. The van der Waals surface area contributed by atoms with Crippen LogP contribution in [0.25, 0.3) is 0 Å². The predicted octanol–water partition coefficient (Wildman–Crippen LogP) is 3.71. The van der Waals surface area contributed by atoms with Gasteiger partial charge in [0.2, 0.25) is 11.8 Å². The zero-order valence-electron chi connectivity index (χ0n) is 14.1. The minimum absolute atomic E-state index is 0.0299. The second-order valence-electron chi connectivity index (χ2n) is 5.61. The van der Waals surface area contributed by atoms with Crippen LogP contribution in [0.1, 0.15) is 45.1 Å². The van der Waals surface area contributed by atoms with Gasteiger partial charge in [-0.3, -0.25) is 9.59 Å². The summed E-state index contributed by atoms with van der Waals surface area (Å²) in [5.41, 5.74) is 7.99. The van der Waals surface area contributed by atoms with Gasteiger partial charge in [-0.25, -0.2) is 0 Å². The summed E-state index contributed by atoms with van der Waals surface area (Å²) < 4.78 is 0.854. The van der Waals surface area contributed by atoms with Crippen LogP contribution in [-0.4, -0.2) is 29.8 Å². The highest BCUT2D eigenvalue weighted by molar-refractivity contribution is 9.10. The molecule has 0 aromatic heterocycles. The number of hydrogen-bond donors (Lipinski definition) is 2. The minimum atomic E-state index is -0.199. The monoisotopic (exact) mass is 383 g/mol. The molecule has 1 rings (SSSR count). The number of halogens is 1. The van der Waals surface area contributed by atoms with E-state index in [-0.39, 0.29) is 24.7 Å². The number of benzene rings is 1. The first-order valence-electron chi connectivity index (χ1n) is 8.02. The van der Waals surface area contributed by atoms with E-state index >= 15 is 0 Å². The zero-order chi connectivity index (χ0) is 17.4. The Kier molecular flexibility index (Phi) is 8.09. The van der Waals surface area contributed by atoms with E-state index in [9.17, 15) is 9.59 Å². The molecule has 0 spiro atoms. The third kappa shape index (κ3) is 6.22. The number of carbonyl (C=O) groups is 2. The van der Waals surface area contributed by atoms with Crippen molar-refractivity contribution in [3.05, 3.63) is 22.2 Å². The van der Waals surface area contributed by atoms with Gasteiger partial charge < -0.3 is 16.0 Å². The van der Waals surface area contributed by atoms with E-state index in [1.807, 2.05) is 31.7 Å². The predicted molar refractivity (Wildman–Crippen MR) is 98.3 cm³/mol. The van der Waals surface area contributed by atoms with Crippen LogP contribution in [0.5, 0.6) is 0 Å². The highest BCUT2D eigenvalue weighted by atomic mass is 79.9. The molecular formula is C17H26BrN3O2. The standard InChI is InChI=1S/C17H26BrN3O2/c1-4-8-21(9-5-2)16(23)7-6-15(22)20-14-11-13(18)10-12(3)17(14)19/h10-11H,4-9,19H2,1-3H3,(H,20,22). The van der Waals surface area contributed by atoms with Crippen LogP contribution in [0.3, 0.4) is 0 Å². The van der Waals surface area contributed by atoms with E-state index in [0.717, 1.165) is 36.0 Å². The number of nitrogens with one attached hydrogen (secondary N) is 1. The molecule has 0 radical (unpaired) electrons. The first-order chi connectivity index (χ1) is 10.9. The Labute approximate surface area is 146 Å². The first-order valence-corrected chi connectivity index (χ1v) is 8.81. The quantitative estimate of drug-likeness (QED) is 0.671. The van der Waals surface area contributed by atoms with Gasteiger partial charge in [-0.15, -0.1) is 0 Å². The SMILES string of the molecule is CCCN(CCC)C(=O)CCC(=O)Nc1cc(Br)cc(C)c1N. The molecule has 128 valence electrons. The van der Waals surface area contributed by atoms with Crippen LogP contribution >= 0.6 is 15.9 Å². The van der Waals surface area contributed by atoms with Crippen molar-refractivity contribution >= 4 is 39.1 Å². The smallest absolute Gasteiger partial charge is 0.224 e. The molecule has 1 aromatic rings. The molecule has 6 heteroatoms. The summed E-state index contributed by atoms with van der Waals surface area (Å²) in [6.45, 7) is 7.45. The fourth-order valence-electron chi connectivity index (χ4n) is 2.35. The molecule has 0 heterocycles. The summed E-state index contributed by atoms with van der Waals surface area (Å²) in [6, 6.07) is 3.66. The van der Waals surface area contributed by atoms with Gasteiger partial charge in [-0.05, 0) is 37.5 Å². The van der Waals surface area contributed by atoms with Gasteiger partial charge in [0.15, 0.2) is 0 Å². The first kappa shape index (κ1) is 19.5. The van der Waals surface area contributed by atoms with Crippen LogP contribution in [-0.2, 0) is 9.59 Å². The van der Waals surface area contributed by atoms with Crippen molar-refractivity contribution < 1.29 is 9.59 Å².